The zero-order chi connectivity index (χ0) is 15.3. The first-order chi connectivity index (χ1) is 10.0. The molecule has 0 fully saturated rings. The lowest BCUT2D eigenvalue weighted by Crippen LogP contribution is -2.06. The van der Waals surface area contributed by atoms with Crippen LogP contribution in [0.15, 0.2) is 53.4 Å². The second-order valence-corrected chi connectivity index (χ2v) is 6.40. The summed E-state index contributed by atoms with van der Waals surface area (Å²) in [6, 6.07) is 14.0. The highest BCUT2D eigenvalue weighted by Crippen LogP contribution is 2.16. The Balaban J connectivity index is 2.08. The van der Waals surface area contributed by atoms with Gasteiger partial charge in [-0.25, -0.2) is 0 Å². The van der Waals surface area contributed by atoms with Gasteiger partial charge in [-0.05, 0) is 30.2 Å². The largest absolute Gasteiger partial charge is 0.380 e. The van der Waals surface area contributed by atoms with E-state index in [2.05, 4.69) is 0 Å². The molecule has 0 radical (unpaired) electrons. The van der Waals surface area contributed by atoms with Gasteiger partial charge in [0.05, 0.1) is 18.1 Å². The highest BCUT2D eigenvalue weighted by Gasteiger charge is 2.14. The van der Waals surface area contributed by atoms with E-state index in [0.717, 1.165) is 16.7 Å². The Bertz CT molecular complexity index is 690. The lowest BCUT2D eigenvalue weighted by molar-refractivity contribution is 0.184. The Hall–Kier alpha value is -1.69. The molecule has 0 unspecified atom stereocenters. The molecule has 112 valence electrons. The summed E-state index contributed by atoms with van der Waals surface area (Å²) >= 11 is 0. The van der Waals surface area contributed by atoms with Gasteiger partial charge < -0.3 is 4.74 Å². The minimum absolute atomic E-state index is 0.00770. The Morgan fingerprint density at radius 3 is 2.19 bits per heavy atom. The summed E-state index contributed by atoms with van der Waals surface area (Å²) in [6.07, 6.45) is 0. The molecule has 0 saturated carbocycles. The van der Waals surface area contributed by atoms with Crippen LogP contribution in [0.1, 0.15) is 16.7 Å². The van der Waals surface area contributed by atoms with Crippen molar-refractivity contribution in [1.29, 1.82) is 0 Å². The highest BCUT2D eigenvalue weighted by atomic mass is 32.2. The average molecular weight is 306 g/mol. The molecule has 0 bridgehead atoms. The van der Waals surface area contributed by atoms with Gasteiger partial charge in [-0.1, -0.05) is 42.0 Å². The van der Waals surface area contributed by atoms with E-state index in [1.807, 2.05) is 31.2 Å². The molecular formula is C16H18O4S. The van der Waals surface area contributed by atoms with Gasteiger partial charge in [-0.15, -0.1) is 0 Å². The van der Waals surface area contributed by atoms with Gasteiger partial charge in [0.1, 0.15) is 0 Å². The number of hydrogen-bond acceptors (Lipinski definition) is 4. The van der Waals surface area contributed by atoms with Crippen LogP contribution >= 0.6 is 0 Å². The molecule has 0 amide bonds. The third kappa shape index (κ3) is 4.39. The third-order valence-corrected chi connectivity index (χ3v) is 4.27. The Morgan fingerprint density at radius 2 is 1.57 bits per heavy atom. The number of benzene rings is 2. The van der Waals surface area contributed by atoms with Crippen LogP contribution in [0.5, 0.6) is 0 Å². The number of aryl methyl sites for hydroxylation is 1. The van der Waals surface area contributed by atoms with Gasteiger partial charge in [0.2, 0.25) is 0 Å². The van der Waals surface area contributed by atoms with Crippen molar-refractivity contribution in [3.8, 4) is 0 Å². The van der Waals surface area contributed by atoms with E-state index in [0.29, 0.717) is 6.61 Å². The van der Waals surface area contributed by atoms with Crippen molar-refractivity contribution in [2.75, 3.05) is 7.11 Å². The van der Waals surface area contributed by atoms with Crippen molar-refractivity contribution >= 4 is 10.1 Å². The summed E-state index contributed by atoms with van der Waals surface area (Å²) in [5, 5.41) is 0. The quantitative estimate of drug-likeness (QED) is 0.770. The number of ether oxygens (including phenoxy) is 1. The fourth-order valence-electron chi connectivity index (χ4n) is 1.89. The van der Waals surface area contributed by atoms with Crippen LogP contribution in [0.2, 0.25) is 0 Å². The second-order valence-electron chi connectivity index (χ2n) is 4.78. The number of rotatable bonds is 6. The summed E-state index contributed by atoms with van der Waals surface area (Å²) in [5.74, 6) is 0. The predicted molar refractivity (Wildman–Crippen MR) is 80.3 cm³/mol. The lowest BCUT2D eigenvalue weighted by Gasteiger charge is -2.07. The van der Waals surface area contributed by atoms with Crippen molar-refractivity contribution < 1.29 is 17.3 Å². The lowest BCUT2D eigenvalue weighted by atomic mass is 10.1. The molecule has 4 nitrogen and oxygen atoms in total. The molecule has 0 atom stereocenters. The van der Waals surface area contributed by atoms with E-state index in [4.69, 9.17) is 8.92 Å². The van der Waals surface area contributed by atoms with Crippen molar-refractivity contribution in [3.63, 3.8) is 0 Å². The molecular weight excluding hydrogens is 288 g/mol. The smallest absolute Gasteiger partial charge is 0.297 e. The topological polar surface area (TPSA) is 52.6 Å². The van der Waals surface area contributed by atoms with E-state index in [-0.39, 0.29) is 11.5 Å². The van der Waals surface area contributed by atoms with Gasteiger partial charge >= 0.3 is 0 Å². The van der Waals surface area contributed by atoms with Crippen LogP contribution in [-0.4, -0.2) is 15.5 Å². The second kappa shape index (κ2) is 6.85. The van der Waals surface area contributed by atoms with E-state index in [1.165, 1.54) is 0 Å². The zero-order valence-corrected chi connectivity index (χ0v) is 12.9. The molecule has 0 spiro atoms. The molecule has 0 N–H and O–H groups in total. The van der Waals surface area contributed by atoms with Crippen LogP contribution in [0, 0.1) is 6.92 Å². The maximum absolute atomic E-state index is 12.1. The van der Waals surface area contributed by atoms with Gasteiger partial charge in [0, 0.05) is 7.11 Å². The minimum Gasteiger partial charge on any atom is -0.380 e. The molecule has 2 rings (SSSR count). The molecule has 5 heteroatoms. The van der Waals surface area contributed by atoms with E-state index >= 15 is 0 Å². The molecule has 21 heavy (non-hydrogen) atoms. The predicted octanol–water partition coefficient (Wildman–Crippen LogP) is 3.05. The van der Waals surface area contributed by atoms with Crippen molar-refractivity contribution in [1.82, 2.24) is 0 Å². The molecule has 0 heterocycles. The maximum Gasteiger partial charge on any atom is 0.297 e. The van der Waals surface area contributed by atoms with E-state index < -0.39 is 10.1 Å². The SMILES string of the molecule is COCc1cccc(COS(=O)(=O)c2ccc(C)cc2)c1. The third-order valence-electron chi connectivity index (χ3n) is 2.99. The summed E-state index contributed by atoms with van der Waals surface area (Å²) in [6.45, 7) is 2.39. The normalized spacial score (nSPS) is 11.5. The van der Waals surface area contributed by atoms with Gasteiger partial charge in [0.15, 0.2) is 0 Å². The number of hydrogen-bond donors (Lipinski definition) is 0. The summed E-state index contributed by atoms with van der Waals surface area (Å²) in [4.78, 5) is 0.168. The molecule has 0 saturated heterocycles. The Kier molecular flexibility index (Phi) is 5.12. The molecule has 2 aromatic carbocycles. The first-order valence-corrected chi connectivity index (χ1v) is 7.95. The van der Waals surface area contributed by atoms with Crippen molar-refractivity contribution in [2.45, 2.75) is 25.0 Å². The minimum atomic E-state index is -3.73. The first-order valence-electron chi connectivity index (χ1n) is 6.54. The fraction of sp³-hybridized carbons (Fsp3) is 0.250. The van der Waals surface area contributed by atoms with Gasteiger partial charge in [-0.2, -0.15) is 8.42 Å². The summed E-state index contributed by atoms with van der Waals surface area (Å²) in [7, 11) is -2.12. The van der Waals surface area contributed by atoms with Gasteiger partial charge in [0.25, 0.3) is 10.1 Å². The van der Waals surface area contributed by atoms with Crippen LogP contribution in [0.3, 0.4) is 0 Å². The van der Waals surface area contributed by atoms with Gasteiger partial charge in [-0.3, -0.25) is 4.18 Å². The maximum atomic E-state index is 12.1. The molecule has 0 aromatic heterocycles. The average Bonchev–Trinajstić information content (AvgIpc) is 2.47. The number of methoxy groups -OCH3 is 1. The standard InChI is InChI=1S/C16H18O4S/c1-13-6-8-16(9-7-13)21(17,18)20-12-15-5-3-4-14(10-15)11-19-2/h3-10H,11-12H2,1-2H3. The molecule has 0 aliphatic rings. The molecule has 0 aliphatic heterocycles. The van der Waals surface area contributed by atoms with E-state index in [1.54, 1.807) is 31.4 Å². The molecule has 0 aliphatic carbocycles. The first kappa shape index (κ1) is 15.7. The van der Waals surface area contributed by atoms with Crippen LogP contribution in [0.25, 0.3) is 0 Å². The fourth-order valence-corrected chi connectivity index (χ4v) is 2.79. The zero-order valence-electron chi connectivity index (χ0n) is 12.1. The van der Waals surface area contributed by atoms with E-state index in [9.17, 15) is 8.42 Å². The van der Waals surface area contributed by atoms with Crippen molar-refractivity contribution in [2.24, 2.45) is 0 Å². The summed E-state index contributed by atoms with van der Waals surface area (Å²) < 4.78 is 34.3. The summed E-state index contributed by atoms with van der Waals surface area (Å²) in [5.41, 5.74) is 2.77. The molecule has 2 aromatic rings. The van der Waals surface area contributed by atoms with Crippen LogP contribution < -0.4 is 0 Å². The van der Waals surface area contributed by atoms with Crippen LogP contribution in [-0.2, 0) is 32.3 Å². The van der Waals surface area contributed by atoms with Crippen LogP contribution in [0.4, 0.5) is 0 Å². The Morgan fingerprint density at radius 1 is 0.952 bits per heavy atom. The Labute approximate surface area is 125 Å². The van der Waals surface area contributed by atoms with Crippen molar-refractivity contribution in [3.05, 3.63) is 65.2 Å². The monoisotopic (exact) mass is 306 g/mol. The highest BCUT2D eigenvalue weighted by molar-refractivity contribution is 7.86.